The van der Waals surface area contributed by atoms with Crippen LogP contribution in [0.15, 0.2) is 12.1 Å². The zero-order valence-corrected chi connectivity index (χ0v) is 16.8. The molecule has 4 rings (SSSR count). The summed E-state index contributed by atoms with van der Waals surface area (Å²) < 4.78 is 19.1. The number of aromatic nitrogens is 2. The number of amides is 1. The van der Waals surface area contributed by atoms with Crippen molar-refractivity contribution in [2.24, 2.45) is 5.92 Å². The number of hydrogen-bond donors (Lipinski definition) is 2. The molecule has 9 nitrogen and oxygen atoms in total. The molecular formula is C18H18FN7O2S. The number of ether oxygens (including phenoxy) is 1. The summed E-state index contributed by atoms with van der Waals surface area (Å²) in [6.45, 7) is 2.07. The number of nitrogens with zero attached hydrogens (tertiary/aromatic N) is 5. The van der Waals surface area contributed by atoms with Crippen molar-refractivity contribution in [3.8, 4) is 11.9 Å². The van der Waals surface area contributed by atoms with E-state index in [1.807, 2.05) is 0 Å². The molecule has 0 saturated carbocycles. The fourth-order valence-corrected chi connectivity index (χ4v) is 4.80. The molecule has 2 aliphatic heterocycles. The van der Waals surface area contributed by atoms with E-state index in [2.05, 4.69) is 21.4 Å². The molecule has 150 valence electrons. The molecule has 2 N–H and O–H groups in total. The molecule has 0 radical (unpaired) electrons. The lowest BCUT2D eigenvalue weighted by atomic mass is 9.83. The summed E-state index contributed by atoms with van der Waals surface area (Å²) in [5.41, 5.74) is -0.762. The van der Waals surface area contributed by atoms with Crippen molar-refractivity contribution >= 4 is 29.2 Å². The fraction of sp³-hybridized carbons (Fsp3) is 0.389. The summed E-state index contributed by atoms with van der Waals surface area (Å²) >= 11 is 1.28. The van der Waals surface area contributed by atoms with E-state index >= 15 is 0 Å². The van der Waals surface area contributed by atoms with Crippen molar-refractivity contribution in [1.29, 1.82) is 10.7 Å². The van der Waals surface area contributed by atoms with Crippen molar-refractivity contribution < 1.29 is 13.9 Å². The van der Waals surface area contributed by atoms with E-state index in [9.17, 15) is 14.4 Å². The first kappa shape index (κ1) is 19.1. The average Bonchev–Trinajstić information content (AvgIpc) is 3.34. The third-order valence-electron chi connectivity index (χ3n) is 5.35. The van der Waals surface area contributed by atoms with Gasteiger partial charge in [0.05, 0.1) is 18.7 Å². The van der Waals surface area contributed by atoms with Gasteiger partial charge in [0, 0.05) is 25.0 Å². The fourth-order valence-electron chi connectivity index (χ4n) is 3.80. The molecule has 0 aromatic carbocycles. The van der Waals surface area contributed by atoms with Crippen LogP contribution in [0.4, 0.5) is 10.3 Å². The smallest absolute Gasteiger partial charge is 0.255 e. The lowest BCUT2D eigenvalue weighted by Crippen LogP contribution is -2.64. The number of methoxy groups -OCH3 is 1. The molecule has 2 atom stereocenters. The molecule has 4 heterocycles. The Morgan fingerprint density at radius 3 is 2.90 bits per heavy atom. The zero-order valence-electron chi connectivity index (χ0n) is 16.0. The maximum Gasteiger partial charge on any atom is 0.255 e. The second kappa shape index (κ2) is 6.66. The number of thiophene rings is 1. The van der Waals surface area contributed by atoms with Crippen molar-refractivity contribution in [3.05, 3.63) is 33.4 Å². The number of anilines is 1. The number of hydrogen-bond acceptors (Lipinski definition) is 8. The molecule has 0 bridgehead atoms. The SMILES string of the molecule is COc1nc(N2C[C@H]3C(=O)N(C)C(=N)N[C@@]3(c3ccc(C#N)s3)C2)nc(C)c1F. The second-order valence-corrected chi connectivity index (χ2v) is 8.07. The van der Waals surface area contributed by atoms with E-state index in [4.69, 9.17) is 10.1 Å². The van der Waals surface area contributed by atoms with Gasteiger partial charge in [0.25, 0.3) is 5.88 Å². The number of nitriles is 1. The van der Waals surface area contributed by atoms with Gasteiger partial charge in [0.2, 0.25) is 17.7 Å². The third-order valence-corrected chi connectivity index (χ3v) is 6.52. The molecule has 1 amide bonds. The standard InChI is InChI=1S/C18H18FN7O2S/c1-9-13(19)14(28-3)23-17(22-9)26-7-11-15(27)25(2)16(21)24-18(11,8-26)12-5-4-10(6-20)29-12/h4-5,11H,7-8H2,1-3H3,(H2,21,24)/t11-,18-/m0/s1. The minimum atomic E-state index is -0.903. The first-order valence-corrected chi connectivity index (χ1v) is 9.60. The van der Waals surface area contributed by atoms with Crippen LogP contribution in [-0.2, 0) is 10.3 Å². The predicted molar refractivity (Wildman–Crippen MR) is 103 cm³/mol. The molecule has 29 heavy (non-hydrogen) atoms. The maximum absolute atomic E-state index is 14.1. The van der Waals surface area contributed by atoms with Gasteiger partial charge in [-0.2, -0.15) is 14.6 Å². The summed E-state index contributed by atoms with van der Waals surface area (Å²) in [5.74, 6) is -1.32. The van der Waals surface area contributed by atoms with Crippen LogP contribution in [0.2, 0.25) is 0 Å². The molecule has 2 aromatic heterocycles. The van der Waals surface area contributed by atoms with Crippen LogP contribution in [0.25, 0.3) is 0 Å². The summed E-state index contributed by atoms with van der Waals surface area (Å²) in [6.07, 6.45) is 0. The first-order chi connectivity index (χ1) is 13.8. The van der Waals surface area contributed by atoms with Crippen LogP contribution in [0.1, 0.15) is 15.4 Å². The quantitative estimate of drug-likeness (QED) is 0.773. The molecule has 0 aliphatic carbocycles. The van der Waals surface area contributed by atoms with Crippen LogP contribution in [0.3, 0.4) is 0 Å². The lowest BCUT2D eigenvalue weighted by molar-refractivity contribution is -0.133. The number of halogens is 1. The average molecular weight is 415 g/mol. The monoisotopic (exact) mass is 415 g/mol. The van der Waals surface area contributed by atoms with E-state index in [1.54, 1.807) is 24.1 Å². The van der Waals surface area contributed by atoms with Crippen LogP contribution in [0, 0.1) is 35.4 Å². The van der Waals surface area contributed by atoms with Crippen molar-refractivity contribution in [3.63, 3.8) is 0 Å². The topological polar surface area (TPSA) is 118 Å². The van der Waals surface area contributed by atoms with Crippen LogP contribution < -0.4 is 15.0 Å². The Morgan fingerprint density at radius 2 is 2.24 bits per heavy atom. The Hall–Kier alpha value is -3.26. The summed E-state index contributed by atoms with van der Waals surface area (Å²) in [4.78, 5) is 25.8. The molecule has 2 saturated heterocycles. The summed E-state index contributed by atoms with van der Waals surface area (Å²) in [6, 6.07) is 5.61. The van der Waals surface area contributed by atoms with Gasteiger partial charge in [-0.05, 0) is 19.1 Å². The predicted octanol–water partition coefficient (Wildman–Crippen LogP) is 1.19. The maximum atomic E-state index is 14.1. The Balaban J connectivity index is 1.81. The van der Waals surface area contributed by atoms with Gasteiger partial charge < -0.3 is 15.0 Å². The van der Waals surface area contributed by atoms with E-state index in [1.165, 1.54) is 30.3 Å². The molecule has 11 heteroatoms. The van der Waals surface area contributed by atoms with Gasteiger partial charge in [-0.15, -0.1) is 11.3 Å². The summed E-state index contributed by atoms with van der Waals surface area (Å²) in [5, 5.41) is 20.6. The lowest BCUT2D eigenvalue weighted by Gasteiger charge is -2.42. The van der Waals surface area contributed by atoms with E-state index in [0.29, 0.717) is 4.88 Å². The normalized spacial score (nSPS) is 23.6. The van der Waals surface area contributed by atoms with Crippen molar-refractivity contribution in [1.82, 2.24) is 20.2 Å². The van der Waals surface area contributed by atoms with Crippen molar-refractivity contribution in [2.75, 3.05) is 32.1 Å². The molecule has 0 spiro atoms. The minimum Gasteiger partial charge on any atom is -0.479 e. The van der Waals surface area contributed by atoms with E-state index in [-0.39, 0.29) is 42.5 Å². The van der Waals surface area contributed by atoms with Crippen molar-refractivity contribution in [2.45, 2.75) is 12.5 Å². The Bertz CT molecular complexity index is 1060. The number of nitrogens with one attached hydrogen (secondary N) is 2. The number of aryl methyl sites for hydroxylation is 1. The van der Waals surface area contributed by atoms with E-state index < -0.39 is 17.3 Å². The van der Waals surface area contributed by atoms with Gasteiger partial charge in [-0.25, -0.2) is 4.98 Å². The van der Waals surface area contributed by atoms with Gasteiger partial charge in [0.15, 0.2) is 5.96 Å². The molecule has 2 aromatic rings. The number of rotatable bonds is 3. The number of carbonyl (C=O) groups excluding carboxylic acids is 1. The van der Waals surface area contributed by atoms with Crippen LogP contribution in [-0.4, -0.2) is 54.0 Å². The first-order valence-electron chi connectivity index (χ1n) is 8.78. The van der Waals surface area contributed by atoms with Gasteiger partial charge in [0.1, 0.15) is 16.5 Å². The highest BCUT2D eigenvalue weighted by Gasteiger charge is 2.57. The number of guanidine groups is 1. The number of carbonyl (C=O) groups is 1. The highest BCUT2D eigenvalue weighted by Crippen LogP contribution is 2.44. The van der Waals surface area contributed by atoms with E-state index in [0.717, 1.165) is 4.88 Å². The number of fused-ring (bicyclic) bond motifs is 1. The second-order valence-electron chi connectivity index (χ2n) is 6.98. The Labute approximate surface area is 170 Å². The highest BCUT2D eigenvalue weighted by molar-refractivity contribution is 7.12. The molecular weight excluding hydrogens is 397 g/mol. The van der Waals surface area contributed by atoms with Gasteiger partial charge >= 0.3 is 0 Å². The van der Waals surface area contributed by atoms with Crippen LogP contribution in [0.5, 0.6) is 5.88 Å². The molecule has 2 fully saturated rings. The third kappa shape index (κ3) is 2.79. The summed E-state index contributed by atoms with van der Waals surface area (Å²) in [7, 11) is 2.87. The Morgan fingerprint density at radius 1 is 1.48 bits per heavy atom. The largest absolute Gasteiger partial charge is 0.479 e. The highest BCUT2D eigenvalue weighted by atomic mass is 32.1. The molecule has 0 unspecified atom stereocenters. The molecule has 2 aliphatic rings. The van der Waals surface area contributed by atoms with Crippen LogP contribution >= 0.6 is 11.3 Å². The van der Waals surface area contributed by atoms with Gasteiger partial charge in [-0.1, -0.05) is 0 Å². The minimum absolute atomic E-state index is 0.0196. The zero-order chi connectivity index (χ0) is 20.9. The van der Waals surface area contributed by atoms with Gasteiger partial charge in [-0.3, -0.25) is 15.1 Å². The Kier molecular flexibility index (Phi) is 4.38.